The van der Waals surface area contributed by atoms with Crippen molar-refractivity contribution in [3.63, 3.8) is 0 Å². The summed E-state index contributed by atoms with van der Waals surface area (Å²) in [5.74, 6) is 0.942. The van der Waals surface area contributed by atoms with Crippen LogP contribution in [-0.4, -0.2) is 19.6 Å². The molecular formula is C20H18BrNO3. The largest absolute Gasteiger partial charge is 0.495 e. The third kappa shape index (κ3) is 2.63. The summed E-state index contributed by atoms with van der Waals surface area (Å²) >= 11 is 3.47. The van der Waals surface area contributed by atoms with Crippen molar-refractivity contribution in [2.24, 2.45) is 0 Å². The van der Waals surface area contributed by atoms with Gasteiger partial charge >= 0.3 is 0 Å². The van der Waals surface area contributed by atoms with Crippen LogP contribution in [0, 0.1) is 6.92 Å². The lowest BCUT2D eigenvalue weighted by atomic mass is 9.96. The summed E-state index contributed by atoms with van der Waals surface area (Å²) < 4.78 is 12.2. The Morgan fingerprint density at radius 2 is 2.12 bits per heavy atom. The van der Waals surface area contributed by atoms with Gasteiger partial charge in [-0.1, -0.05) is 18.2 Å². The fourth-order valence-electron chi connectivity index (χ4n) is 3.49. The van der Waals surface area contributed by atoms with Crippen molar-refractivity contribution in [3.8, 4) is 5.75 Å². The number of carbonyl (C=O) groups is 1. The predicted molar refractivity (Wildman–Crippen MR) is 102 cm³/mol. The maximum absolute atomic E-state index is 13.2. The standard InChI is InChI=1S/C20H18BrNO3/c1-12-8-9-16(24-2)18-14(12)6-4-10-22(18)20(23)17-11-13-5-3-7-15(21)19(13)25-17/h3,5,7-9,11H,4,6,10H2,1-2H3. The Labute approximate surface area is 154 Å². The highest BCUT2D eigenvalue weighted by Crippen LogP contribution is 2.39. The molecule has 4 nitrogen and oxygen atoms in total. The van der Waals surface area contributed by atoms with Crippen molar-refractivity contribution in [3.05, 3.63) is 57.8 Å². The third-order valence-electron chi connectivity index (χ3n) is 4.73. The number of ether oxygens (including phenoxy) is 1. The van der Waals surface area contributed by atoms with Crippen LogP contribution in [0.25, 0.3) is 11.0 Å². The number of anilines is 1. The summed E-state index contributed by atoms with van der Waals surface area (Å²) in [6, 6.07) is 11.6. The molecule has 1 amide bonds. The Kier molecular flexibility index (Phi) is 4.04. The monoisotopic (exact) mass is 399 g/mol. The molecule has 1 aliphatic rings. The molecule has 0 unspecified atom stereocenters. The van der Waals surface area contributed by atoms with Crippen LogP contribution in [-0.2, 0) is 6.42 Å². The summed E-state index contributed by atoms with van der Waals surface area (Å²) in [6.45, 7) is 2.73. The van der Waals surface area contributed by atoms with Crippen LogP contribution in [0.1, 0.15) is 28.1 Å². The molecule has 0 radical (unpaired) electrons. The van der Waals surface area contributed by atoms with E-state index in [2.05, 4.69) is 22.9 Å². The van der Waals surface area contributed by atoms with Gasteiger partial charge in [0.05, 0.1) is 17.3 Å². The van der Waals surface area contributed by atoms with Gasteiger partial charge in [0.25, 0.3) is 5.91 Å². The molecule has 0 fully saturated rings. The van der Waals surface area contributed by atoms with Gasteiger partial charge in [-0.2, -0.15) is 0 Å². The van der Waals surface area contributed by atoms with Crippen LogP contribution in [0.5, 0.6) is 5.75 Å². The fourth-order valence-corrected chi connectivity index (χ4v) is 3.95. The average molecular weight is 400 g/mol. The number of hydrogen-bond donors (Lipinski definition) is 0. The number of nitrogens with zero attached hydrogens (tertiary/aromatic N) is 1. The van der Waals surface area contributed by atoms with E-state index in [1.807, 2.05) is 30.3 Å². The van der Waals surface area contributed by atoms with E-state index >= 15 is 0 Å². The maximum atomic E-state index is 13.2. The van der Waals surface area contributed by atoms with E-state index < -0.39 is 0 Å². The molecule has 1 aromatic heterocycles. The molecule has 3 aromatic rings. The fraction of sp³-hybridized carbons (Fsp3) is 0.250. The normalized spacial score (nSPS) is 13.8. The molecule has 0 aliphatic carbocycles. The molecule has 0 bridgehead atoms. The average Bonchev–Trinajstić information content (AvgIpc) is 3.07. The van der Waals surface area contributed by atoms with Crippen molar-refractivity contribution >= 4 is 38.5 Å². The maximum Gasteiger partial charge on any atom is 0.294 e. The van der Waals surface area contributed by atoms with Crippen molar-refractivity contribution in [2.45, 2.75) is 19.8 Å². The zero-order valence-corrected chi connectivity index (χ0v) is 15.7. The Bertz CT molecular complexity index is 976. The highest BCUT2D eigenvalue weighted by molar-refractivity contribution is 9.10. The lowest BCUT2D eigenvalue weighted by Gasteiger charge is -2.31. The molecule has 4 rings (SSSR count). The zero-order valence-electron chi connectivity index (χ0n) is 14.1. The summed E-state index contributed by atoms with van der Waals surface area (Å²) in [4.78, 5) is 15.0. The number of amides is 1. The highest BCUT2D eigenvalue weighted by atomic mass is 79.9. The summed E-state index contributed by atoms with van der Waals surface area (Å²) in [6.07, 6.45) is 1.88. The molecular weight excluding hydrogens is 382 g/mol. The van der Waals surface area contributed by atoms with Gasteiger partial charge in [0, 0.05) is 11.9 Å². The number of fused-ring (bicyclic) bond motifs is 2. The molecule has 0 spiro atoms. The molecule has 2 heterocycles. The number of halogens is 1. The van der Waals surface area contributed by atoms with Crippen molar-refractivity contribution in [1.82, 2.24) is 0 Å². The molecule has 1 aliphatic heterocycles. The molecule has 0 saturated carbocycles. The van der Waals surface area contributed by atoms with Crippen LogP contribution in [0.2, 0.25) is 0 Å². The smallest absolute Gasteiger partial charge is 0.294 e. The highest BCUT2D eigenvalue weighted by Gasteiger charge is 2.29. The second kappa shape index (κ2) is 6.23. The first-order valence-electron chi connectivity index (χ1n) is 8.26. The van der Waals surface area contributed by atoms with Gasteiger partial charge < -0.3 is 14.1 Å². The van der Waals surface area contributed by atoms with Gasteiger partial charge in [0.2, 0.25) is 0 Å². The Morgan fingerprint density at radius 1 is 1.28 bits per heavy atom. The van der Waals surface area contributed by atoms with Gasteiger partial charge in [-0.15, -0.1) is 0 Å². The van der Waals surface area contributed by atoms with E-state index in [1.54, 1.807) is 18.1 Å². The number of benzene rings is 2. The first kappa shape index (κ1) is 16.2. The third-order valence-corrected chi connectivity index (χ3v) is 5.35. The molecule has 2 aromatic carbocycles. The SMILES string of the molecule is COc1ccc(C)c2c1N(C(=O)c1cc3cccc(Br)c3o1)CCC2. The Hall–Kier alpha value is -2.27. The number of rotatable bonds is 2. The molecule has 0 atom stereocenters. The lowest BCUT2D eigenvalue weighted by molar-refractivity contribution is 0.0959. The van der Waals surface area contributed by atoms with Gasteiger partial charge in [-0.3, -0.25) is 4.79 Å². The molecule has 0 N–H and O–H groups in total. The number of methoxy groups -OCH3 is 1. The first-order valence-corrected chi connectivity index (χ1v) is 9.06. The minimum atomic E-state index is -0.132. The second-order valence-electron chi connectivity index (χ2n) is 6.24. The van der Waals surface area contributed by atoms with Crippen LogP contribution in [0.15, 0.2) is 45.3 Å². The topological polar surface area (TPSA) is 42.7 Å². The van der Waals surface area contributed by atoms with Crippen molar-refractivity contribution < 1.29 is 13.9 Å². The molecule has 25 heavy (non-hydrogen) atoms. The Morgan fingerprint density at radius 3 is 2.88 bits per heavy atom. The van der Waals surface area contributed by atoms with Crippen molar-refractivity contribution in [1.29, 1.82) is 0 Å². The molecule has 0 saturated heterocycles. The molecule has 128 valence electrons. The van der Waals surface area contributed by atoms with E-state index in [1.165, 1.54) is 11.1 Å². The van der Waals surface area contributed by atoms with Gasteiger partial charge in [-0.05, 0) is 65.0 Å². The van der Waals surface area contributed by atoms with Crippen LogP contribution in [0.3, 0.4) is 0 Å². The quantitative estimate of drug-likeness (QED) is 0.601. The lowest BCUT2D eigenvalue weighted by Crippen LogP contribution is -2.36. The summed E-state index contributed by atoms with van der Waals surface area (Å²) in [5.41, 5.74) is 3.93. The van der Waals surface area contributed by atoms with E-state index in [0.29, 0.717) is 17.9 Å². The number of carbonyl (C=O) groups excluding carboxylic acids is 1. The van der Waals surface area contributed by atoms with Crippen LogP contribution < -0.4 is 9.64 Å². The minimum Gasteiger partial charge on any atom is -0.495 e. The number of para-hydroxylation sites is 1. The Balaban J connectivity index is 1.82. The van der Waals surface area contributed by atoms with E-state index in [9.17, 15) is 4.79 Å². The number of hydrogen-bond acceptors (Lipinski definition) is 3. The van der Waals surface area contributed by atoms with E-state index in [4.69, 9.17) is 9.15 Å². The van der Waals surface area contributed by atoms with Crippen molar-refractivity contribution in [2.75, 3.05) is 18.6 Å². The minimum absolute atomic E-state index is 0.132. The van der Waals surface area contributed by atoms with E-state index in [0.717, 1.165) is 34.1 Å². The van der Waals surface area contributed by atoms with Gasteiger partial charge in [0.1, 0.15) is 11.3 Å². The van der Waals surface area contributed by atoms with Gasteiger partial charge in [0.15, 0.2) is 5.76 Å². The van der Waals surface area contributed by atoms with Crippen LogP contribution >= 0.6 is 15.9 Å². The van der Waals surface area contributed by atoms with Gasteiger partial charge in [-0.25, -0.2) is 0 Å². The predicted octanol–water partition coefficient (Wildman–Crippen LogP) is 5.11. The summed E-state index contributed by atoms with van der Waals surface area (Å²) in [5, 5.41) is 0.908. The number of aryl methyl sites for hydroxylation is 1. The zero-order chi connectivity index (χ0) is 17.6. The van der Waals surface area contributed by atoms with E-state index in [-0.39, 0.29) is 5.91 Å². The summed E-state index contributed by atoms with van der Waals surface area (Å²) in [7, 11) is 1.64. The second-order valence-corrected chi connectivity index (χ2v) is 7.10. The first-order chi connectivity index (χ1) is 12.1. The number of furan rings is 1. The van der Waals surface area contributed by atoms with Crippen LogP contribution in [0.4, 0.5) is 5.69 Å². The molecule has 5 heteroatoms.